The molecule has 3 rings (SSSR count). The Morgan fingerprint density at radius 2 is 1.75 bits per heavy atom. The van der Waals surface area contributed by atoms with Crippen molar-refractivity contribution in [3.63, 3.8) is 0 Å². The molecule has 24 heavy (non-hydrogen) atoms. The highest BCUT2D eigenvalue weighted by Crippen LogP contribution is 2.29. The van der Waals surface area contributed by atoms with E-state index in [1.165, 1.54) is 22.9 Å². The zero-order chi connectivity index (χ0) is 16.9. The fraction of sp³-hybridized carbons (Fsp3) is 0.105. The van der Waals surface area contributed by atoms with Crippen LogP contribution in [0.5, 0.6) is 0 Å². The number of nitriles is 1. The lowest BCUT2D eigenvalue weighted by Gasteiger charge is -2.08. The number of benzene rings is 2. The summed E-state index contributed by atoms with van der Waals surface area (Å²) in [7, 11) is 0. The van der Waals surface area contributed by atoms with Gasteiger partial charge in [-0.3, -0.25) is 0 Å². The summed E-state index contributed by atoms with van der Waals surface area (Å²) in [4.78, 5) is 8.81. The quantitative estimate of drug-likeness (QED) is 0.365. The molecule has 1 heterocycles. The molecule has 3 aromatic rings. The molecule has 0 spiro atoms. The molecule has 0 atom stereocenters. The number of aromatic nitrogens is 2. The number of halogens is 1. The van der Waals surface area contributed by atoms with Crippen LogP contribution < -0.4 is 0 Å². The van der Waals surface area contributed by atoms with Crippen molar-refractivity contribution in [3.8, 4) is 17.3 Å². The van der Waals surface area contributed by atoms with Gasteiger partial charge in [0.25, 0.3) is 0 Å². The van der Waals surface area contributed by atoms with E-state index in [0.29, 0.717) is 16.4 Å². The van der Waals surface area contributed by atoms with Crippen molar-refractivity contribution in [2.45, 2.75) is 17.8 Å². The molecular formula is C19H14ClN3S. The van der Waals surface area contributed by atoms with Crippen LogP contribution in [-0.4, -0.2) is 9.97 Å². The topological polar surface area (TPSA) is 49.6 Å². The third-order valence-corrected chi connectivity index (χ3v) is 4.68. The molecule has 0 saturated carbocycles. The van der Waals surface area contributed by atoms with E-state index in [-0.39, 0.29) is 5.15 Å². The lowest BCUT2D eigenvalue weighted by Crippen LogP contribution is -1.97. The Balaban J connectivity index is 1.91. The average Bonchev–Trinajstić information content (AvgIpc) is 2.61. The lowest BCUT2D eigenvalue weighted by molar-refractivity contribution is 0.966. The van der Waals surface area contributed by atoms with Crippen LogP contribution in [0.4, 0.5) is 0 Å². The van der Waals surface area contributed by atoms with Gasteiger partial charge < -0.3 is 0 Å². The maximum Gasteiger partial charge on any atom is 0.189 e. The number of hydrogen-bond donors (Lipinski definition) is 0. The molecule has 0 amide bonds. The average molecular weight is 352 g/mol. The molecule has 2 aromatic carbocycles. The maximum atomic E-state index is 9.36. The zero-order valence-electron chi connectivity index (χ0n) is 13.0. The fourth-order valence-corrected chi connectivity index (χ4v) is 3.28. The number of nitrogens with zero attached hydrogens (tertiary/aromatic N) is 3. The van der Waals surface area contributed by atoms with Gasteiger partial charge in [0, 0.05) is 11.3 Å². The summed E-state index contributed by atoms with van der Waals surface area (Å²) in [6, 6.07) is 20.0. The first-order valence-electron chi connectivity index (χ1n) is 7.39. The van der Waals surface area contributed by atoms with Gasteiger partial charge in [-0.25, -0.2) is 9.97 Å². The number of hydrogen-bond acceptors (Lipinski definition) is 4. The van der Waals surface area contributed by atoms with Gasteiger partial charge in [0.2, 0.25) is 0 Å². The minimum Gasteiger partial charge on any atom is -0.221 e. The second kappa shape index (κ2) is 7.48. The Hall–Kier alpha value is -2.35. The Morgan fingerprint density at radius 3 is 2.42 bits per heavy atom. The fourth-order valence-electron chi connectivity index (χ4n) is 2.21. The number of rotatable bonds is 4. The van der Waals surface area contributed by atoms with Crippen molar-refractivity contribution in [1.82, 2.24) is 9.97 Å². The summed E-state index contributed by atoms with van der Waals surface area (Å²) in [5.74, 6) is 0.747. The first-order valence-corrected chi connectivity index (χ1v) is 8.75. The molecule has 0 aliphatic carbocycles. The van der Waals surface area contributed by atoms with Gasteiger partial charge in [-0.05, 0) is 12.5 Å². The van der Waals surface area contributed by atoms with Crippen LogP contribution in [-0.2, 0) is 5.75 Å². The van der Waals surface area contributed by atoms with E-state index in [1.54, 1.807) is 0 Å². The third-order valence-electron chi connectivity index (χ3n) is 3.49. The molecule has 0 aliphatic heterocycles. The standard InChI is InChI=1S/C19H14ClN3S/c1-13-7-9-14(10-8-13)12-24-19-22-17(15-5-3-2-4-6-15)16(11-21)18(20)23-19/h2-10H,12H2,1H3. The van der Waals surface area contributed by atoms with Crippen molar-refractivity contribution < 1.29 is 0 Å². The van der Waals surface area contributed by atoms with Gasteiger partial charge in [0.05, 0.1) is 5.69 Å². The van der Waals surface area contributed by atoms with Gasteiger partial charge in [-0.1, -0.05) is 83.5 Å². The van der Waals surface area contributed by atoms with Crippen LogP contribution in [0, 0.1) is 18.3 Å². The summed E-state index contributed by atoms with van der Waals surface area (Å²) in [5, 5.41) is 10.1. The molecule has 1 aromatic heterocycles. The van der Waals surface area contributed by atoms with Crippen LogP contribution >= 0.6 is 23.4 Å². The van der Waals surface area contributed by atoms with Crippen LogP contribution in [0.2, 0.25) is 5.15 Å². The monoisotopic (exact) mass is 351 g/mol. The van der Waals surface area contributed by atoms with Gasteiger partial charge in [-0.2, -0.15) is 5.26 Å². The van der Waals surface area contributed by atoms with E-state index < -0.39 is 0 Å². The minimum atomic E-state index is 0.192. The minimum absolute atomic E-state index is 0.192. The molecular weight excluding hydrogens is 338 g/mol. The second-order valence-electron chi connectivity index (χ2n) is 5.27. The van der Waals surface area contributed by atoms with Crippen molar-refractivity contribution in [2.24, 2.45) is 0 Å². The summed E-state index contributed by atoms with van der Waals surface area (Å²) in [5.41, 5.74) is 4.16. The molecule has 0 aliphatic rings. The van der Waals surface area contributed by atoms with Gasteiger partial charge in [0.15, 0.2) is 10.3 Å². The Bertz CT molecular complexity index is 887. The van der Waals surface area contributed by atoms with Crippen molar-refractivity contribution >= 4 is 23.4 Å². The van der Waals surface area contributed by atoms with Crippen molar-refractivity contribution in [2.75, 3.05) is 0 Å². The van der Waals surface area contributed by atoms with E-state index in [2.05, 4.69) is 47.2 Å². The zero-order valence-corrected chi connectivity index (χ0v) is 14.6. The highest BCUT2D eigenvalue weighted by atomic mass is 35.5. The highest BCUT2D eigenvalue weighted by molar-refractivity contribution is 7.98. The van der Waals surface area contributed by atoms with Crippen molar-refractivity contribution in [3.05, 3.63) is 76.4 Å². The smallest absolute Gasteiger partial charge is 0.189 e. The molecule has 0 saturated heterocycles. The summed E-state index contributed by atoms with van der Waals surface area (Å²) in [6.07, 6.45) is 0. The molecule has 0 unspecified atom stereocenters. The largest absolute Gasteiger partial charge is 0.221 e. The van der Waals surface area contributed by atoms with Crippen molar-refractivity contribution in [1.29, 1.82) is 5.26 Å². The second-order valence-corrected chi connectivity index (χ2v) is 6.57. The van der Waals surface area contributed by atoms with Crippen LogP contribution in [0.15, 0.2) is 59.8 Å². The first kappa shape index (κ1) is 16.5. The normalized spacial score (nSPS) is 10.4. The van der Waals surface area contributed by atoms with E-state index in [1.807, 2.05) is 30.3 Å². The van der Waals surface area contributed by atoms with E-state index in [0.717, 1.165) is 11.3 Å². The number of aryl methyl sites for hydroxylation is 1. The van der Waals surface area contributed by atoms with Crippen LogP contribution in [0.3, 0.4) is 0 Å². The molecule has 5 heteroatoms. The molecule has 0 bridgehead atoms. The van der Waals surface area contributed by atoms with Crippen LogP contribution in [0.1, 0.15) is 16.7 Å². The molecule has 0 fully saturated rings. The molecule has 3 nitrogen and oxygen atoms in total. The Morgan fingerprint density at radius 1 is 1.04 bits per heavy atom. The van der Waals surface area contributed by atoms with E-state index in [4.69, 9.17) is 11.6 Å². The Labute approximate surface area is 150 Å². The van der Waals surface area contributed by atoms with E-state index >= 15 is 0 Å². The Kier molecular flexibility index (Phi) is 5.14. The van der Waals surface area contributed by atoms with Gasteiger partial charge in [0.1, 0.15) is 11.6 Å². The number of thioether (sulfide) groups is 1. The first-order chi connectivity index (χ1) is 11.7. The van der Waals surface area contributed by atoms with Gasteiger partial charge >= 0.3 is 0 Å². The third kappa shape index (κ3) is 3.76. The lowest BCUT2D eigenvalue weighted by atomic mass is 10.1. The highest BCUT2D eigenvalue weighted by Gasteiger charge is 2.14. The van der Waals surface area contributed by atoms with Crippen LogP contribution in [0.25, 0.3) is 11.3 Å². The molecule has 0 radical (unpaired) electrons. The van der Waals surface area contributed by atoms with E-state index in [9.17, 15) is 5.26 Å². The SMILES string of the molecule is Cc1ccc(CSc2nc(Cl)c(C#N)c(-c3ccccc3)n2)cc1. The molecule has 0 N–H and O–H groups in total. The predicted octanol–water partition coefficient (Wildman–Crippen LogP) is 5.27. The van der Waals surface area contributed by atoms with Gasteiger partial charge in [-0.15, -0.1) is 0 Å². The maximum absolute atomic E-state index is 9.36. The summed E-state index contributed by atoms with van der Waals surface area (Å²) < 4.78 is 0. The summed E-state index contributed by atoms with van der Waals surface area (Å²) >= 11 is 7.71. The molecule has 118 valence electrons. The predicted molar refractivity (Wildman–Crippen MR) is 97.9 cm³/mol. The summed E-state index contributed by atoms with van der Waals surface area (Å²) in [6.45, 7) is 2.06.